The molecule has 0 aromatic carbocycles. The Morgan fingerprint density at radius 3 is 2.56 bits per heavy atom. The Morgan fingerprint density at radius 1 is 1.22 bits per heavy atom. The summed E-state index contributed by atoms with van der Waals surface area (Å²) in [5, 5.41) is 1.58. The van der Waals surface area contributed by atoms with Crippen molar-refractivity contribution in [2.45, 2.75) is 39.4 Å². The SMILES string of the molecule is CCOC(=O)CN(Nc1nc(-c2c[nH]c3ncc(C(F)(F)F)cc23)ncc1F)C(C)(C)C. The van der Waals surface area contributed by atoms with Crippen LogP contribution in [0.2, 0.25) is 0 Å². The molecule has 0 radical (unpaired) electrons. The fourth-order valence-corrected chi connectivity index (χ4v) is 2.83. The van der Waals surface area contributed by atoms with E-state index < -0.39 is 29.1 Å². The molecule has 12 heteroatoms. The molecule has 3 aromatic rings. The number of aromatic amines is 1. The number of ether oxygens (including phenoxy) is 1. The van der Waals surface area contributed by atoms with E-state index in [1.807, 2.05) is 0 Å². The van der Waals surface area contributed by atoms with Gasteiger partial charge in [-0.1, -0.05) is 0 Å². The van der Waals surface area contributed by atoms with E-state index in [4.69, 9.17) is 4.74 Å². The lowest BCUT2D eigenvalue weighted by atomic mass is 10.1. The maximum Gasteiger partial charge on any atom is 0.417 e. The van der Waals surface area contributed by atoms with E-state index >= 15 is 0 Å². The molecule has 3 aromatic heterocycles. The quantitative estimate of drug-likeness (QED) is 0.328. The van der Waals surface area contributed by atoms with Gasteiger partial charge in [0, 0.05) is 28.9 Å². The predicted molar refractivity (Wildman–Crippen MR) is 109 cm³/mol. The van der Waals surface area contributed by atoms with E-state index in [2.05, 4.69) is 25.4 Å². The van der Waals surface area contributed by atoms with Gasteiger partial charge in [0.1, 0.15) is 12.2 Å². The van der Waals surface area contributed by atoms with Crippen LogP contribution in [-0.4, -0.2) is 49.6 Å². The molecular weight excluding hydrogens is 432 g/mol. The normalized spacial score (nSPS) is 12.4. The number of fused-ring (bicyclic) bond motifs is 1. The van der Waals surface area contributed by atoms with Crippen molar-refractivity contribution in [3.8, 4) is 11.4 Å². The van der Waals surface area contributed by atoms with Crippen LogP contribution < -0.4 is 5.43 Å². The highest BCUT2D eigenvalue weighted by molar-refractivity contribution is 5.92. The number of nitrogens with zero attached hydrogens (tertiary/aromatic N) is 4. The van der Waals surface area contributed by atoms with Crippen LogP contribution in [0.3, 0.4) is 0 Å². The van der Waals surface area contributed by atoms with Crippen molar-refractivity contribution in [2.75, 3.05) is 18.6 Å². The Balaban J connectivity index is 1.99. The maximum absolute atomic E-state index is 14.5. The Kier molecular flexibility index (Phi) is 6.35. The third-order valence-corrected chi connectivity index (χ3v) is 4.49. The van der Waals surface area contributed by atoms with Crippen LogP contribution in [0.25, 0.3) is 22.4 Å². The summed E-state index contributed by atoms with van der Waals surface area (Å²) in [7, 11) is 0. The minimum absolute atomic E-state index is 0.0220. The van der Waals surface area contributed by atoms with E-state index in [9.17, 15) is 22.4 Å². The number of anilines is 1. The molecule has 3 rings (SSSR count). The number of nitrogens with one attached hydrogen (secondary N) is 2. The fraction of sp³-hybridized carbons (Fsp3) is 0.400. The Hall–Kier alpha value is -3.28. The van der Waals surface area contributed by atoms with Gasteiger partial charge in [0.15, 0.2) is 17.5 Å². The van der Waals surface area contributed by atoms with E-state index in [1.165, 1.54) is 11.2 Å². The molecule has 0 amide bonds. The van der Waals surface area contributed by atoms with Crippen molar-refractivity contribution >= 4 is 22.8 Å². The molecule has 0 spiro atoms. The number of aromatic nitrogens is 4. The maximum atomic E-state index is 14.5. The molecule has 0 saturated carbocycles. The lowest BCUT2D eigenvalue weighted by Crippen LogP contribution is -2.48. The van der Waals surface area contributed by atoms with Gasteiger partial charge in [-0.15, -0.1) is 0 Å². The molecule has 0 unspecified atom stereocenters. The molecule has 0 aliphatic carbocycles. The number of H-pyrrole nitrogens is 1. The molecule has 0 fully saturated rings. The zero-order valence-corrected chi connectivity index (χ0v) is 17.8. The molecule has 0 aliphatic rings. The van der Waals surface area contributed by atoms with Crippen LogP contribution in [-0.2, 0) is 15.7 Å². The molecule has 0 aliphatic heterocycles. The molecule has 32 heavy (non-hydrogen) atoms. The lowest BCUT2D eigenvalue weighted by Gasteiger charge is -2.35. The summed E-state index contributed by atoms with van der Waals surface area (Å²) in [5.41, 5.74) is 1.62. The summed E-state index contributed by atoms with van der Waals surface area (Å²) in [6.45, 7) is 7.05. The van der Waals surface area contributed by atoms with Gasteiger partial charge in [-0.2, -0.15) is 13.2 Å². The molecular formula is C20H22F4N6O2. The molecule has 3 heterocycles. The van der Waals surface area contributed by atoms with Gasteiger partial charge >= 0.3 is 12.1 Å². The number of halogens is 4. The van der Waals surface area contributed by atoms with E-state index in [0.29, 0.717) is 0 Å². The smallest absolute Gasteiger partial charge is 0.417 e. The van der Waals surface area contributed by atoms with Gasteiger partial charge < -0.3 is 9.72 Å². The minimum atomic E-state index is -4.58. The zero-order chi connectivity index (χ0) is 23.7. The number of hydrazine groups is 1. The largest absolute Gasteiger partial charge is 0.465 e. The zero-order valence-electron chi connectivity index (χ0n) is 17.8. The van der Waals surface area contributed by atoms with Gasteiger partial charge in [-0.05, 0) is 33.8 Å². The number of hydrogen-bond acceptors (Lipinski definition) is 7. The number of hydrogen-bond donors (Lipinski definition) is 2. The van der Waals surface area contributed by atoms with Gasteiger partial charge in [0.2, 0.25) is 0 Å². The second kappa shape index (κ2) is 8.69. The first-order chi connectivity index (χ1) is 14.9. The number of rotatable bonds is 6. The van der Waals surface area contributed by atoms with Crippen LogP contribution in [0.4, 0.5) is 23.4 Å². The molecule has 0 bridgehead atoms. The molecule has 2 N–H and O–H groups in total. The van der Waals surface area contributed by atoms with Crippen molar-refractivity contribution in [2.24, 2.45) is 0 Å². The standard InChI is InChI=1S/C20H22F4N6O2/c1-5-32-15(31)10-30(19(2,3)4)29-18-14(21)9-27-17(28-18)13-8-26-16-12(13)6-11(7-25-16)20(22,23)24/h6-9H,5,10H2,1-4H3,(H,25,26)(H,27,28,29). The number of carbonyl (C=O) groups is 1. The van der Waals surface area contributed by atoms with Crippen molar-refractivity contribution in [1.29, 1.82) is 0 Å². The predicted octanol–water partition coefficient (Wildman–Crippen LogP) is 4.17. The highest BCUT2D eigenvalue weighted by Gasteiger charge is 2.32. The van der Waals surface area contributed by atoms with Crippen LogP contribution in [0, 0.1) is 5.82 Å². The van der Waals surface area contributed by atoms with E-state index in [-0.39, 0.29) is 41.4 Å². The third kappa shape index (κ3) is 5.13. The Morgan fingerprint density at radius 2 is 1.94 bits per heavy atom. The van der Waals surface area contributed by atoms with Crippen molar-refractivity contribution in [3.05, 3.63) is 36.0 Å². The number of esters is 1. The second-order valence-electron chi connectivity index (χ2n) is 7.88. The van der Waals surface area contributed by atoms with Gasteiger partial charge in [-0.25, -0.2) is 24.4 Å². The van der Waals surface area contributed by atoms with Crippen LogP contribution in [0.5, 0.6) is 0 Å². The first kappa shape index (κ1) is 23.4. The van der Waals surface area contributed by atoms with Crippen LogP contribution >= 0.6 is 0 Å². The topological polar surface area (TPSA) is 96.0 Å². The van der Waals surface area contributed by atoms with Gasteiger partial charge in [0.05, 0.1) is 18.4 Å². The van der Waals surface area contributed by atoms with Crippen LogP contribution in [0.15, 0.2) is 24.7 Å². The van der Waals surface area contributed by atoms with E-state index in [1.54, 1.807) is 27.7 Å². The average molecular weight is 454 g/mol. The molecule has 172 valence electrons. The number of alkyl halides is 3. The molecule has 0 atom stereocenters. The van der Waals surface area contributed by atoms with Gasteiger partial charge in [-0.3, -0.25) is 10.2 Å². The first-order valence-corrected chi connectivity index (χ1v) is 9.67. The summed E-state index contributed by atoms with van der Waals surface area (Å²) in [4.78, 5) is 26.6. The first-order valence-electron chi connectivity index (χ1n) is 9.67. The highest BCUT2D eigenvalue weighted by Crippen LogP contribution is 2.33. The molecule has 8 nitrogen and oxygen atoms in total. The van der Waals surface area contributed by atoms with Crippen molar-refractivity contribution in [1.82, 2.24) is 24.9 Å². The number of carbonyl (C=O) groups excluding carboxylic acids is 1. The fourth-order valence-electron chi connectivity index (χ4n) is 2.83. The van der Waals surface area contributed by atoms with Crippen LogP contribution in [0.1, 0.15) is 33.3 Å². The second-order valence-corrected chi connectivity index (χ2v) is 7.88. The van der Waals surface area contributed by atoms with Crippen molar-refractivity contribution < 1.29 is 27.1 Å². The summed E-state index contributed by atoms with van der Waals surface area (Å²) < 4.78 is 58.7. The summed E-state index contributed by atoms with van der Waals surface area (Å²) in [6.07, 6.45) is -1.56. The average Bonchev–Trinajstić information content (AvgIpc) is 3.11. The van der Waals surface area contributed by atoms with Gasteiger partial charge in [0.25, 0.3) is 0 Å². The Labute approximate surface area is 181 Å². The van der Waals surface area contributed by atoms with E-state index in [0.717, 1.165) is 18.5 Å². The molecule has 0 saturated heterocycles. The summed E-state index contributed by atoms with van der Waals surface area (Å²) >= 11 is 0. The monoisotopic (exact) mass is 454 g/mol. The summed E-state index contributed by atoms with van der Waals surface area (Å²) in [5.74, 6) is -1.59. The third-order valence-electron chi connectivity index (χ3n) is 4.49. The minimum Gasteiger partial charge on any atom is -0.465 e. The summed E-state index contributed by atoms with van der Waals surface area (Å²) in [6, 6.07) is 0.927. The number of pyridine rings is 1. The van der Waals surface area contributed by atoms with Crippen molar-refractivity contribution in [3.63, 3.8) is 0 Å². The lowest BCUT2D eigenvalue weighted by molar-refractivity contribution is -0.145. The Bertz CT molecular complexity index is 1120. The highest BCUT2D eigenvalue weighted by atomic mass is 19.4.